The minimum Gasteiger partial charge on any atom is -0.248 e. The van der Waals surface area contributed by atoms with E-state index in [1.165, 1.54) is 0 Å². The third-order valence-electron chi connectivity index (χ3n) is 2.70. The van der Waals surface area contributed by atoms with Crippen LogP contribution in [0.25, 0.3) is 22.2 Å². The Labute approximate surface area is 113 Å². The molecule has 19 heavy (non-hydrogen) atoms. The minimum absolute atomic E-state index is 0.296. The summed E-state index contributed by atoms with van der Waals surface area (Å²) < 4.78 is 22.2. The summed E-state index contributed by atoms with van der Waals surface area (Å²) in [6.45, 7) is 0. The summed E-state index contributed by atoms with van der Waals surface area (Å²) in [6.07, 6.45) is 0. The number of rotatable bonds is 2. The molecule has 3 rings (SSSR count). The standard InChI is InChI=1S/C12H8ClN3O2S/c13-19(17,18)12-14-11(15-16-12)10-6-5-8-3-1-2-4-9(8)7-10/h1-7H,(H,14,15,16). The molecule has 0 spiro atoms. The van der Waals surface area contributed by atoms with Crippen LogP contribution in [0.2, 0.25) is 0 Å². The normalized spacial score (nSPS) is 11.8. The first-order valence-corrected chi connectivity index (χ1v) is 7.71. The molecule has 0 saturated carbocycles. The highest BCUT2D eigenvalue weighted by Gasteiger charge is 2.16. The zero-order valence-electron chi connectivity index (χ0n) is 9.54. The van der Waals surface area contributed by atoms with E-state index in [-0.39, 0.29) is 5.16 Å². The maximum absolute atomic E-state index is 11.1. The molecule has 2 aromatic carbocycles. The molecule has 3 aromatic rings. The van der Waals surface area contributed by atoms with E-state index in [2.05, 4.69) is 15.2 Å². The highest BCUT2D eigenvalue weighted by molar-refractivity contribution is 8.13. The summed E-state index contributed by atoms with van der Waals surface area (Å²) >= 11 is 0. The van der Waals surface area contributed by atoms with E-state index in [1.807, 2.05) is 42.5 Å². The maximum atomic E-state index is 11.1. The second-order valence-electron chi connectivity index (χ2n) is 3.96. The van der Waals surface area contributed by atoms with E-state index < -0.39 is 9.05 Å². The van der Waals surface area contributed by atoms with Crippen LogP contribution < -0.4 is 0 Å². The second-order valence-corrected chi connectivity index (χ2v) is 6.45. The monoisotopic (exact) mass is 293 g/mol. The lowest BCUT2D eigenvalue weighted by molar-refractivity contribution is 0.602. The zero-order valence-corrected chi connectivity index (χ0v) is 11.1. The fraction of sp³-hybridized carbons (Fsp3) is 0. The SMILES string of the molecule is O=S(=O)(Cl)c1nc(-c2ccc3ccccc3c2)n[nH]1. The Hall–Kier alpha value is -1.92. The van der Waals surface area contributed by atoms with Crippen LogP contribution in [0, 0.1) is 0 Å². The Balaban J connectivity index is 2.11. The van der Waals surface area contributed by atoms with Gasteiger partial charge in [0.25, 0.3) is 14.2 Å². The third kappa shape index (κ3) is 2.32. The van der Waals surface area contributed by atoms with Crippen molar-refractivity contribution >= 4 is 30.5 Å². The quantitative estimate of drug-likeness (QED) is 0.737. The van der Waals surface area contributed by atoms with E-state index in [0.717, 1.165) is 16.3 Å². The van der Waals surface area contributed by atoms with E-state index >= 15 is 0 Å². The van der Waals surface area contributed by atoms with Crippen molar-refractivity contribution in [3.8, 4) is 11.4 Å². The Kier molecular flexibility index (Phi) is 2.76. The lowest BCUT2D eigenvalue weighted by Gasteiger charge is -1.99. The fourth-order valence-corrected chi connectivity index (χ4v) is 2.37. The number of hydrogen-bond donors (Lipinski definition) is 1. The molecule has 5 nitrogen and oxygen atoms in total. The van der Waals surface area contributed by atoms with E-state index in [9.17, 15) is 8.42 Å². The molecule has 0 fully saturated rings. The van der Waals surface area contributed by atoms with Gasteiger partial charge in [-0.25, -0.2) is 13.5 Å². The van der Waals surface area contributed by atoms with Crippen LogP contribution in [0.3, 0.4) is 0 Å². The third-order valence-corrected chi connectivity index (χ3v) is 3.79. The van der Waals surface area contributed by atoms with Crippen LogP contribution in [0.1, 0.15) is 0 Å². The Bertz CT molecular complexity index is 858. The molecule has 7 heteroatoms. The smallest absolute Gasteiger partial charge is 0.248 e. The Morgan fingerprint density at radius 2 is 1.79 bits per heavy atom. The van der Waals surface area contributed by atoms with Gasteiger partial charge >= 0.3 is 0 Å². The molecule has 96 valence electrons. The van der Waals surface area contributed by atoms with Crippen molar-refractivity contribution in [2.24, 2.45) is 0 Å². The van der Waals surface area contributed by atoms with Crippen molar-refractivity contribution in [2.45, 2.75) is 5.16 Å². The Morgan fingerprint density at radius 3 is 2.47 bits per heavy atom. The van der Waals surface area contributed by atoms with Crippen molar-refractivity contribution in [3.05, 3.63) is 42.5 Å². The molecule has 0 unspecified atom stereocenters. The van der Waals surface area contributed by atoms with Gasteiger partial charge in [-0.05, 0) is 16.8 Å². The van der Waals surface area contributed by atoms with Gasteiger partial charge in [0.15, 0.2) is 5.82 Å². The molecule has 0 atom stereocenters. The fourth-order valence-electron chi connectivity index (χ4n) is 1.81. The molecule has 0 aliphatic heterocycles. The number of halogens is 1. The number of hydrogen-bond acceptors (Lipinski definition) is 4. The van der Waals surface area contributed by atoms with Gasteiger partial charge in [0.1, 0.15) is 0 Å². The number of fused-ring (bicyclic) bond motifs is 1. The largest absolute Gasteiger partial charge is 0.296 e. The molecule has 1 aromatic heterocycles. The molecule has 0 saturated heterocycles. The van der Waals surface area contributed by atoms with Crippen LogP contribution in [-0.4, -0.2) is 23.6 Å². The summed E-state index contributed by atoms with van der Waals surface area (Å²) in [5, 5.41) is 7.94. The summed E-state index contributed by atoms with van der Waals surface area (Å²) in [7, 11) is 1.30. The summed E-state index contributed by atoms with van der Waals surface area (Å²) in [5.41, 5.74) is 0.724. The van der Waals surface area contributed by atoms with Crippen LogP contribution in [-0.2, 0) is 9.05 Å². The molecular weight excluding hydrogens is 286 g/mol. The van der Waals surface area contributed by atoms with Gasteiger partial charge in [0.05, 0.1) is 0 Å². The van der Waals surface area contributed by atoms with Gasteiger partial charge in [-0.2, -0.15) is 10.1 Å². The number of aromatic nitrogens is 3. The first-order chi connectivity index (χ1) is 9.04. The van der Waals surface area contributed by atoms with Gasteiger partial charge < -0.3 is 0 Å². The predicted molar refractivity (Wildman–Crippen MR) is 72.4 cm³/mol. The van der Waals surface area contributed by atoms with Gasteiger partial charge in [0.2, 0.25) is 0 Å². The highest BCUT2D eigenvalue weighted by atomic mass is 35.7. The van der Waals surface area contributed by atoms with Crippen molar-refractivity contribution in [1.82, 2.24) is 15.2 Å². The number of nitrogens with zero attached hydrogens (tertiary/aromatic N) is 2. The molecule has 0 aliphatic carbocycles. The zero-order chi connectivity index (χ0) is 13.5. The average molecular weight is 294 g/mol. The summed E-state index contributed by atoms with van der Waals surface area (Å²) in [4.78, 5) is 3.87. The molecule has 1 heterocycles. The summed E-state index contributed by atoms with van der Waals surface area (Å²) in [6, 6.07) is 13.5. The number of H-pyrrole nitrogens is 1. The van der Waals surface area contributed by atoms with Crippen LogP contribution >= 0.6 is 10.7 Å². The van der Waals surface area contributed by atoms with Crippen molar-refractivity contribution in [2.75, 3.05) is 0 Å². The van der Waals surface area contributed by atoms with Crippen LogP contribution in [0.5, 0.6) is 0 Å². The Morgan fingerprint density at radius 1 is 1.05 bits per heavy atom. The molecule has 0 amide bonds. The maximum Gasteiger partial charge on any atom is 0.296 e. The van der Waals surface area contributed by atoms with Crippen molar-refractivity contribution in [3.63, 3.8) is 0 Å². The number of benzene rings is 2. The lowest BCUT2D eigenvalue weighted by atomic mass is 10.1. The first kappa shape index (κ1) is 12.1. The number of nitrogens with one attached hydrogen (secondary N) is 1. The molecule has 0 aliphatic rings. The van der Waals surface area contributed by atoms with E-state index in [0.29, 0.717) is 5.82 Å². The van der Waals surface area contributed by atoms with Crippen molar-refractivity contribution < 1.29 is 8.42 Å². The van der Waals surface area contributed by atoms with E-state index in [1.54, 1.807) is 0 Å². The average Bonchev–Trinajstić information content (AvgIpc) is 2.87. The van der Waals surface area contributed by atoms with E-state index in [4.69, 9.17) is 10.7 Å². The molecule has 0 bridgehead atoms. The number of aromatic amines is 1. The van der Waals surface area contributed by atoms with Gasteiger partial charge in [-0.15, -0.1) is 0 Å². The highest BCUT2D eigenvalue weighted by Crippen LogP contribution is 2.22. The minimum atomic E-state index is -3.89. The van der Waals surface area contributed by atoms with Crippen LogP contribution in [0.4, 0.5) is 0 Å². The van der Waals surface area contributed by atoms with Gasteiger partial charge in [-0.3, -0.25) is 0 Å². The van der Waals surface area contributed by atoms with Crippen molar-refractivity contribution in [1.29, 1.82) is 0 Å². The molecular formula is C12H8ClN3O2S. The first-order valence-electron chi connectivity index (χ1n) is 5.40. The molecule has 1 N–H and O–H groups in total. The second kappa shape index (κ2) is 4.32. The van der Waals surface area contributed by atoms with Gasteiger partial charge in [-0.1, -0.05) is 36.4 Å². The molecule has 0 radical (unpaired) electrons. The lowest BCUT2D eigenvalue weighted by Crippen LogP contribution is -1.92. The summed E-state index contributed by atoms with van der Waals surface area (Å²) in [5.74, 6) is 0.296. The topological polar surface area (TPSA) is 75.7 Å². The van der Waals surface area contributed by atoms with Crippen LogP contribution in [0.15, 0.2) is 47.6 Å². The predicted octanol–water partition coefficient (Wildman–Crippen LogP) is 2.55. The van der Waals surface area contributed by atoms with Gasteiger partial charge in [0, 0.05) is 16.2 Å².